The Balaban J connectivity index is 0.754. The zero-order valence-electron chi connectivity index (χ0n) is 29.7. The number of piperazine rings is 1. The number of aromatic amines is 1. The van der Waals surface area contributed by atoms with E-state index in [0.29, 0.717) is 36.6 Å². The van der Waals surface area contributed by atoms with Crippen LogP contribution in [0.3, 0.4) is 0 Å². The van der Waals surface area contributed by atoms with Crippen LogP contribution in [0.15, 0.2) is 60.8 Å². The van der Waals surface area contributed by atoms with Gasteiger partial charge in [0, 0.05) is 81.0 Å². The number of carbonyl (C=O) groups excluding carboxylic acids is 3. The summed E-state index contributed by atoms with van der Waals surface area (Å²) in [5, 5.41) is 12.9. The fourth-order valence-electron chi connectivity index (χ4n) is 8.46. The maximum Gasteiger partial charge on any atom is 0.255 e. The molecule has 3 saturated heterocycles. The number of carbonyl (C=O) groups is 3. The number of ether oxygens (including phenoxy) is 1. The molecule has 0 bridgehead atoms. The van der Waals surface area contributed by atoms with E-state index in [4.69, 9.17) is 4.74 Å². The molecule has 3 aromatic carbocycles. The highest BCUT2D eigenvalue weighted by molar-refractivity contribution is 6.05. The number of nitrogens with one attached hydrogen (secondary N) is 2. The number of imide groups is 1. The lowest BCUT2D eigenvalue weighted by atomic mass is 9.98. The minimum Gasteiger partial charge on any atom is -0.494 e. The highest BCUT2D eigenvalue weighted by Crippen LogP contribution is 2.37. The monoisotopic (exact) mass is 699 g/mol. The van der Waals surface area contributed by atoms with Crippen LogP contribution >= 0.6 is 0 Å². The molecule has 2 atom stereocenters. The molecule has 0 radical (unpaired) electrons. The van der Waals surface area contributed by atoms with Crippen molar-refractivity contribution in [1.82, 2.24) is 20.1 Å². The minimum absolute atomic E-state index is 0.131. The molecule has 52 heavy (non-hydrogen) atoms. The Morgan fingerprint density at radius 1 is 0.923 bits per heavy atom. The van der Waals surface area contributed by atoms with Crippen molar-refractivity contribution in [2.24, 2.45) is 0 Å². The van der Waals surface area contributed by atoms with Crippen molar-refractivity contribution >= 4 is 40.0 Å². The van der Waals surface area contributed by atoms with Gasteiger partial charge in [0.05, 0.1) is 23.4 Å². The summed E-state index contributed by atoms with van der Waals surface area (Å²) in [7, 11) is 0. The predicted octanol–water partition coefficient (Wildman–Crippen LogP) is 5.08. The molecule has 4 aliphatic heterocycles. The number of nitrogens with zero attached hydrogens (tertiary/aromatic N) is 5. The third kappa shape index (κ3) is 6.59. The number of benzene rings is 3. The Hall–Kier alpha value is -5.34. The largest absolute Gasteiger partial charge is 0.494 e. The Labute approximate surface area is 304 Å². The number of rotatable bonds is 10. The maximum atomic E-state index is 13.1. The number of piperidine rings is 1. The molecular formula is C41H45N7O4. The summed E-state index contributed by atoms with van der Waals surface area (Å²) in [5.41, 5.74) is 8.10. The van der Waals surface area contributed by atoms with Crippen molar-refractivity contribution < 1.29 is 19.1 Å². The Morgan fingerprint density at radius 2 is 1.75 bits per heavy atom. The molecule has 1 unspecified atom stereocenters. The third-order valence-corrected chi connectivity index (χ3v) is 11.4. The number of nitriles is 1. The van der Waals surface area contributed by atoms with Gasteiger partial charge in [-0.15, -0.1) is 0 Å². The van der Waals surface area contributed by atoms with E-state index in [1.54, 1.807) is 4.90 Å². The van der Waals surface area contributed by atoms with Crippen LogP contribution in [0.2, 0.25) is 0 Å². The van der Waals surface area contributed by atoms with E-state index < -0.39 is 6.04 Å². The average Bonchev–Trinajstić information content (AvgIpc) is 3.90. The van der Waals surface area contributed by atoms with Gasteiger partial charge in [-0.25, -0.2) is 0 Å². The summed E-state index contributed by atoms with van der Waals surface area (Å²) >= 11 is 0. The molecular weight excluding hydrogens is 654 g/mol. The molecule has 11 heteroatoms. The Bertz CT molecular complexity index is 2040. The van der Waals surface area contributed by atoms with Gasteiger partial charge in [-0.05, 0) is 92.2 Å². The number of amides is 3. The summed E-state index contributed by atoms with van der Waals surface area (Å²) in [5.74, 6) is 0.591. The van der Waals surface area contributed by atoms with Gasteiger partial charge in [-0.3, -0.25) is 24.6 Å². The number of H-pyrrole nitrogens is 1. The van der Waals surface area contributed by atoms with Crippen LogP contribution in [0.5, 0.6) is 5.75 Å². The molecule has 11 nitrogen and oxygen atoms in total. The van der Waals surface area contributed by atoms with Crippen LogP contribution in [-0.4, -0.2) is 91.0 Å². The SMILES string of the molecule is Cc1ccc(N2CC[C@@H](c3ccc(OCCCCN4CCN(c5ccc6c(c5)CN(C5CCC(=O)NC5=O)C6=O)CC4)cc3)C2)c2[nH]cc(C#N)c12. The zero-order valence-corrected chi connectivity index (χ0v) is 29.7. The van der Waals surface area contributed by atoms with Gasteiger partial charge >= 0.3 is 0 Å². The number of hydrogen-bond acceptors (Lipinski definition) is 8. The molecule has 2 N–H and O–H groups in total. The zero-order chi connectivity index (χ0) is 35.8. The number of aryl methyl sites for hydroxylation is 1. The van der Waals surface area contributed by atoms with Crippen LogP contribution in [-0.2, 0) is 16.1 Å². The van der Waals surface area contributed by atoms with Crippen LogP contribution in [0.1, 0.15) is 70.6 Å². The van der Waals surface area contributed by atoms with Gasteiger partial charge in [-0.1, -0.05) is 18.2 Å². The van der Waals surface area contributed by atoms with E-state index in [0.717, 1.165) is 98.5 Å². The van der Waals surface area contributed by atoms with Crippen LogP contribution < -0.4 is 19.9 Å². The summed E-state index contributed by atoms with van der Waals surface area (Å²) in [6.45, 7) is 9.97. The molecule has 5 heterocycles. The fourth-order valence-corrected chi connectivity index (χ4v) is 8.46. The Kier molecular flexibility index (Phi) is 9.32. The number of hydrogen-bond donors (Lipinski definition) is 2. The molecule has 3 amide bonds. The van der Waals surface area contributed by atoms with Crippen molar-refractivity contribution in [2.75, 3.05) is 62.2 Å². The molecule has 4 aromatic rings. The van der Waals surface area contributed by atoms with E-state index in [2.05, 4.69) is 80.5 Å². The third-order valence-electron chi connectivity index (χ3n) is 11.4. The smallest absolute Gasteiger partial charge is 0.255 e. The second-order valence-electron chi connectivity index (χ2n) is 14.6. The minimum atomic E-state index is -0.589. The van der Waals surface area contributed by atoms with Crippen molar-refractivity contribution in [3.63, 3.8) is 0 Å². The highest BCUT2D eigenvalue weighted by Gasteiger charge is 2.39. The van der Waals surface area contributed by atoms with E-state index in [1.807, 2.05) is 18.3 Å². The van der Waals surface area contributed by atoms with Crippen LogP contribution in [0.25, 0.3) is 10.9 Å². The lowest BCUT2D eigenvalue weighted by Gasteiger charge is -2.36. The predicted molar refractivity (Wildman–Crippen MR) is 200 cm³/mol. The molecule has 4 aliphatic rings. The standard InChI is InChI=1S/C41H45N7O4/c1-27-4-11-35(39-38(27)31(23-42)24-43-39)47-16-14-29(25-47)28-5-8-33(9-6-28)52-21-3-2-15-45-17-19-46(20-18-45)32-7-10-34-30(22-32)26-48(41(34)51)36-12-13-37(49)44-40(36)50/h4-11,22,24,29,36,43H,2-3,12-21,25-26H2,1H3,(H,44,49,50)/t29-,36?/m1/s1. The van der Waals surface area contributed by atoms with Crippen LogP contribution in [0, 0.1) is 18.3 Å². The normalized spacial score (nSPS) is 20.8. The topological polar surface area (TPSA) is 125 Å². The molecule has 0 saturated carbocycles. The summed E-state index contributed by atoms with van der Waals surface area (Å²) in [6, 6.07) is 20.7. The molecule has 268 valence electrons. The Morgan fingerprint density at radius 3 is 2.54 bits per heavy atom. The van der Waals surface area contributed by atoms with Crippen molar-refractivity contribution in [3.8, 4) is 11.8 Å². The molecule has 0 aliphatic carbocycles. The van der Waals surface area contributed by atoms with Gasteiger partial charge in [0.15, 0.2) is 0 Å². The maximum absolute atomic E-state index is 13.1. The van der Waals surface area contributed by atoms with E-state index >= 15 is 0 Å². The summed E-state index contributed by atoms with van der Waals surface area (Å²) in [6.07, 6.45) is 5.62. The second-order valence-corrected chi connectivity index (χ2v) is 14.6. The number of anilines is 2. The fraction of sp³-hybridized carbons (Fsp3) is 0.415. The van der Waals surface area contributed by atoms with Gasteiger partial charge in [-0.2, -0.15) is 5.26 Å². The second kappa shape index (κ2) is 14.4. The lowest BCUT2D eigenvalue weighted by molar-refractivity contribution is -0.136. The molecule has 1 aromatic heterocycles. The molecule has 3 fully saturated rings. The first-order valence-electron chi connectivity index (χ1n) is 18.6. The van der Waals surface area contributed by atoms with Crippen molar-refractivity contribution in [2.45, 2.75) is 57.5 Å². The number of aromatic nitrogens is 1. The van der Waals surface area contributed by atoms with Gasteiger partial charge in [0.2, 0.25) is 11.8 Å². The number of unbranched alkanes of at least 4 members (excludes halogenated alkanes) is 1. The van der Waals surface area contributed by atoms with E-state index in [9.17, 15) is 19.6 Å². The van der Waals surface area contributed by atoms with Crippen molar-refractivity contribution in [1.29, 1.82) is 5.26 Å². The summed E-state index contributed by atoms with van der Waals surface area (Å²) in [4.78, 5) is 49.3. The average molecular weight is 700 g/mol. The van der Waals surface area contributed by atoms with E-state index in [1.165, 1.54) is 11.3 Å². The first-order chi connectivity index (χ1) is 25.4. The lowest BCUT2D eigenvalue weighted by Crippen LogP contribution is -2.52. The summed E-state index contributed by atoms with van der Waals surface area (Å²) < 4.78 is 6.12. The molecule has 0 spiro atoms. The molecule has 8 rings (SSSR count). The van der Waals surface area contributed by atoms with Crippen molar-refractivity contribution in [3.05, 3.63) is 88.6 Å². The number of fused-ring (bicyclic) bond motifs is 2. The quantitative estimate of drug-likeness (QED) is 0.174. The first kappa shape index (κ1) is 33.8. The van der Waals surface area contributed by atoms with Crippen LogP contribution in [0.4, 0.5) is 11.4 Å². The van der Waals surface area contributed by atoms with E-state index in [-0.39, 0.29) is 24.1 Å². The first-order valence-corrected chi connectivity index (χ1v) is 18.6. The highest BCUT2D eigenvalue weighted by atomic mass is 16.5. The van der Waals surface area contributed by atoms with Gasteiger partial charge in [0.25, 0.3) is 5.91 Å². The van der Waals surface area contributed by atoms with Gasteiger partial charge in [0.1, 0.15) is 17.9 Å². The van der Waals surface area contributed by atoms with Gasteiger partial charge < -0.3 is 24.4 Å².